The zero-order valence-corrected chi connectivity index (χ0v) is 13.3. The van der Waals surface area contributed by atoms with Crippen LogP contribution in [0.15, 0.2) is 42.5 Å². The molecule has 2 aliphatic rings. The summed E-state index contributed by atoms with van der Waals surface area (Å²) in [4.78, 5) is 11.5. The van der Waals surface area contributed by atoms with Gasteiger partial charge < -0.3 is 10.5 Å². The van der Waals surface area contributed by atoms with E-state index in [0.717, 1.165) is 17.7 Å². The number of benzene rings is 2. The number of fused-ring (bicyclic) bond motifs is 3. The fraction of sp³-hybridized carbons (Fsp3) is 0.350. The van der Waals surface area contributed by atoms with Crippen LogP contribution < -0.4 is 10.5 Å². The van der Waals surface area contributed by atoms with Crippen molar-refractivity contribution in [2.75, 3.05) is 0 Å². The van der Waals surface area contributed by atoms with Crippen LogP contribution >= 0.6 is 0 Å². The van der Waals surface area contributed by atoms with Gasteiger partial charge in [0, 0.05) is 11.5 Å². The molecule has 3 heteroatoms. The van der Waals surface area contributed by atoms with Gasteiger partial charge in [0.2, 0.25) is 5.91 Å². The quantitative estimate of drug-likeness (QED) is 0.907. The van der Waals surface area contributed by atoms with E-state index in [1.165, 1.54) is 24.0 Å². The minimum absolute atomic E-state index is 0.107. The van der Waals surface area contributed by atoms with Crippen LogP contribution in [0.3, 0.4) is 0 Å². The highest BCUT2D eigenvalue weighted by Gasteiger charge is 2.42. The van der Waals surface area contributed by atoms with Gasteiger partial charge in [0.15, 0.2) is 0 Å². The number of primary amides is 1. The van der Waals surface area contributed by atoms with Crippen LogP contribution in [0.4, 0.5) is 0 Å². The molecule has 0 aromatic heterocycles. The maximum Gasteiger partial charge on any atom is 0.248 e. The zero-order chi connectivity index (χ0) is 16.0. The number of carbonyl (C=O) groups is 1. The summed E-state index contributed by atoms with van der Waals surface area (Å²) in [5, 5.41) is 0. The van der Waals surface area contributed by atoms with Crippen LogP contribution in [0, 0.1) is 12.8 Å². The summed E-state index contributed by atoms with van der Waals surface area (Å²) in [5.41, 5.74) is 9.68. The number of nitrogens with two attached hydrogens (primary N) is 1. The predicted octanol–water partition coefficient (Wildman–Crippen LogP) is 4.11. The summed E-state index contributed by atoms with van der Waals surface area (Å²) in [5.74, 6) is 1.48. The van der Waals surface area contributed by atoms with E-state index < -0.39 is 0 Å². The first-order valence-electron chi connectivity index (χ1n) is 8.30. The summed E-state index contributed by atoms with van der Waals surface area (Å²) in [7, 11) is 0. The smallest absolute Gasteiger partial charge is 0.248 e. The van der Waals surface area contributed by atoms with Crippen LogP contribution in [0.25, 0.3) is 0 Å². The van der Waals surface area contributed by atoms with E-state index in [2.05, 4.69) is 31.2 Å². The maximum absolute atomic E-state index is 11.5. The number of ether oxygens (including phenoxy) is 1. The molecule has 4 rings (SSSR count). The van der Waals surface area contributed by atoms with Crippen LogP contribution in [0.2, 0.25) is 0 Å². The minimum Gasteiger partial charge on any atom is -0.485 e. The Morgan fingerprint density at radius 2 is 1.91 bits per heavy atom. The zero-order valence-electron chi connectivity index (χ0n) is 13.3. The summed E-state index contributed by atoms with van der Waals surface area (Å²) < 4.78 is 6.35. The molecule has 2 aromatic carbocycles. The van der Waals surface area contributed by atoms with E-state index in [1.807, 2.05) is 12.1 Å². The molecule has 1 aliphatic carbocycles. The number of carbonyl (C=O) groups excluding carboxylic acids is 1. The Morgan fingerprint density at radius 1 is 1.13 bits per heavy atom. The maximum atomic E-state index is 11.5. The number of hydrogen-bond acceptors (Lipinski definition) is 2. The molecular formula is C20H21NO2. The molecule has 1 fully saturated rings. The monoisotopic (exact) mass is 307 g/mol. The van der Waals surface area contributed by atoms with Gasteiger partial charge in [-0.2, -0.15) is 0 Å². The molecule has 0 unspecified atom stereocenters. The van der Waals surface area contributed by atoms with E-state index in [1.54, 1.807) is 6.07 Å². The second kappa shape index (κ2) is 5.41. The number of amides is 1. The van der Waals surface area contributed by atoms with Gasteiger partial charge in [0.05, 0.1) is 0 Å². The lowest BCUT2D eigenvalue weighted by molar-refractivity contribution is 0.0993. The molecule has 2 aromatic rings. The van der Waals surface area contributed by atoms with Crippen LogP contribution in [-0.4, -0.2) is 5.91 Å². The number of rotatable bonds is 2. The Hall–Kier alpha value is -2.29. The third-order valence-corrected chi connectivity index (χ3v) is 5.31. The van der Waals surface area contributed by atoms with Crippen LogP contribution in [0.5, 0.6) is 5.75 Å². The fourth-order valence-electron chi connectivity index (χ4n) is 4.13. The lowest BCUT2D eigenvalue weighted by Gasteiger charge is -2.36. The highest BCUT2D eigenvalue weighted by molar-refractivity contribution is 5.93. The normalized spacial score (nSPS) is 25.3. The third kappa shape index (κ3) is 2.40. The van der Waals surface area contributed by atoms with E-state index in [4.69, 9.17) is 10.5 Å². The third-order valence-electron chi connectivity index (χ3n) is 5.31. The first-order valence-corrected chi connectivity index (χ1v) is 8.30. The van der Waals surface area contributed by atoms with Crippen LogP contribution in [0.1, 0.15) is 58.3 Å². The molecule has 2 N–H and O–H groups in total. The van der Waals surface area contributed by atoms with Crippen molar-refractivity contribution in [1.82, 2.24) is 0 Å². The van der Waals surface area contributed by atoms with Gasteiger partial charge in [-0.25, -0.2) is 0 Å². The van der Waals surface area contributed by atoms with Crippen molar-refractivity contribution < 1.29 is 9.53 Å². The Kier molecular flexibility index (Phi) is 3.37. The molecule has 1 saturated carbocycles. The molecule has 0 bridgehead atoms. The molecule has 0 radical (unpaired) electrons. The highest BCUT2D eigenvalue weighted by atomic mass is 16.5. The van der Waals surface area contributed by atoms with Gasteiger partial charge in [-0.1, -0.05) is 36.2 Å². The Bertz CT molecular complexity index is 751. The molecule has 118 valence electrons. The van der Waals surface area contributed by atoms with Gasteiger partial charge in [0.1, 0.15) is 11.9 Å². The van der Waals surface area contributed by atoms with E-state index in [-0.39, 0.29) is 12.0 Å². The van der Waals surface area contributed by atoms with E-state index in [9.17, 15) is 4.79 Å². The molecule has 0 saturated heterocycles. The van der Waals surface area contributed by atoms with Crippen molar-refractivity contribution in [2.45, 2.75) is 38.2 Å². The molecule has 1 heterocycles. The Balaban J connectivity index is 1.76. The second-order valence-electron chi connectivity index (χ2n) is 6.77. The van der Waals surface area contributed by atoms with Crippen molar-refractivity contribution in [2.24, 2.45) is 11.7 Å². The standard InChI is InChI=1S/C20H21NO2/c1-12-5-7-13(8-6-12)19-16-4-2-3-15(16)17-11-14(20(21)22)9-10-18(17)23-19/h5-11,15-16,19H,2-4H2,1H3,(H2,21,22)/t15-,16+,19+/m0/s1. The summed E-state index contributed by atoms with van der Waals surface area (Å²) in [6.45, 7) is 2.10. The average Bonchev–Trinajstić information content (AvgIpc) is 3.04. The van der Waals surface area contributed by atoms with Crippen molar-refractivity contribution >= 4 is 5.91 Å². The SMILES string of the molecule is Cc1ccc([C@H]2Oc3ccc(C(N)=O)cc3[C@H]3CCC[C@H]32)cc1. The van der Waals surface area contributed by atoms with Crippen molar-refractivity contribution in [3.8, 4) is 5.75 Å². The summed E-state index contributed by atoms with van der Waals surface area (Å²) >= 11 is 0. The Morgan fingerprint density at radius 3 is 2.65 bits per heavy atom. The van der Waals surface area contributed by atoms with Gasteiger partial charge >= 0.3 is 0 Å². The largest absolute Gasteiger partial charge is 0.485 e. The van der Waals surface area contributed by atoms with E-state index in [0.29, 0.717) is 17.4 Å². The lowest BCUT2D eigenvalue weighted by Crippen LogP contribution is -2.27. The lowest BCUT2D eigenvalue weighted by atomic mass is 9.79. The molecular weight excluding hydrogens is 286 g/mol. The number of aryl methyl sites for hydroxylation is 1. The molecule has 23 heavy (non-hydrogen) atoms. The molecule has 3 atom stereocenters. The van der Waals surface area contributed by atoms with Crippen molar-refractivity contribution in [3.63, 3.8) is 0 Å². The average molecular weight is 307 g/mol. The topological polar surface area (TPSA) is 52.3 Å². The summed E-state index contributed by atoms with van der Waals surface area (Å²) in [6.07, 6.45) is 3.64. The van der Waals surface area contributed by atoms with Gasteiger partial charge in [-0.15, -0.1) is 0 Å². The molecule has 1 amide bonds. The second-order valence-corrected chi connectivity index (χ2v) is 6.77. The first-order chi connectivity index (χ1) is 11.1. The fourth-order valence-corrected chi connectivity index (χ4v) is 4.13. The van der Waals surface area contributed by atoms with E-state index >= 15 is 0 Å². The summed E-state index contributed by atoms with van der Waals surface area (Å²) in [6, 6.07) is 14.3. The van der Waals surface area contributed by atoms with Crippen molar-refractivity contribution in [1.29, 1.82) is 0 Å². The Labute approximate surface area is 136 Å². The van der Waals surface area contributed by atoms with Gasteiger partial charge in [-0.05, 0) is 55.0 Å². The molecule has 1 aliphatic heterocycles. The molecule has 0 spiro atoms. The van der Waals surface area contributed by atoms with Gasteiger partial charge in [-0.3, -0.25) is 4.79 Å². The molecule has 3 nitrogen and oxygen atoms in total. The predicted molar refractivity (Wildman–Crippen MR) is 89.6 cm³/mol. The number of hydrogen-bond donors (Lipinski definition) is 1. The minimum atomic E-state index is -0.372. The highest BCUT2D eigenvalue weighted by Crippen LogP contribution is 2.53. The van der Waals surface area contributed by atoms with Gasteiger partial charge in [0.25, 0.3) is 0 Å². The van der Waals surface area contributed by atoms with Crippen LogP contribution in [-0.2, 0) is 0 Å². The van der Waals surface area contributed by atoms with Crippen molar-refractivity contribution in [3.05, 3.63) is 64.7 Å². The first kappa shape index (κ1) is 14.3.